The van der Waals surface area contributed by atoms with Crippen LogP contribution in [-0.4, -0.2) is 33.9 Å². The Morgan fingerprint density at radius 3 is 2.62 bits per heavy atom. The van der Waals surface area contributed by atoms with Gasteiger partial charge in [-0.1, -0.05) is 12.1 Å². The number of benzene rings is 2. The Hall–Kier alpha value is -2.61. The first-order valence-corrected chi connectivity index (χ1v) is 11.0. The number of likely N-dealkylation sites (tertiary alicyclic amines) is 1. The number of ether oxygens (including phenoxy) is 1. The van der Waals surface area contributed by atoms with Crippen molar-refractivity contribution in [2.75, 3.05) is 13.1 Å². The molecule has 1 unspecified atom stereocenters. The van der Waals surface area contributed by atoms with Crippen molar-refractivity contribution in [1.82, 2.24) is 14.5 Å². The van der Waals surface area contributed by atoms with Gasteiger partial charge in [0, 0.05) is 12.1 Å². The third kappa shape index (κ3) is 4.20. The molecule has 2 aliphatic heterocycles. The maximum Gasteiger partial charge on any atom is 0.573 e. The fourth-order valence-electron chi connectivity index (χ4n) is 5.19. The number of alkyl halides is 3. The Morgan fingerprint density at radius 2 is 1.88 bits per heavy atom. The van der Waals surface area contributed by atoms with Crippen molar-refractivity contribution >= 4 is 11.0 Å². The second-order valence-corrected chi connectivity index (χ2v) is 8.89. The van der Waals surface area contributed by atoms with Gasteiger partial charge in [-0.2, -0.15) is 0 Å². The summed E-state index contributed by atoms with van der Waals surface area (Å²) < 4.78 is 57.9. The molecular weight excluding hydrogens is 422 g/mol. The predicted octanol–water partition coefficient (Wildman–Crippen LogP) is 5.96. The molecule has 1 atom stereocenters. The number of aryl methyl sites for hydroxylation is 1. The van der Waals surface area contributed by atoms with Crippen LogP contribution in [0.5, 0.6) is 5.75 Å². The summed E-state index contributed by atoms with van der Waals surface area (Å²) in [5, 5.41) is 0. The first kappa shape index (κ1) is 21.2. The Morgan fingerprint density at radius 1 is 1.09 bits per heavy atom. The molecule has 3 heterocycles. The average molecular weight is 447 g/mol. The molecule has 5 rings (SSSR count). The Labute approximate surface area is 183 Å². The van der Waals surface area contributed by atoms with Gasteiger partial charge in [-0.3, -0.25) is 4.90 Å². The lowest BCUT2D eigenvalue weighted by molar-refractivity contribution is -0.274. The fourth-order valence-corrected chi connectivity index (χ4v) is 5.19. The maximum atomic E-state index is 14.0. The summed E-state index contributed by atoms with van der Waals surface area (Å²) in [5.74, 6) is 0.742. The van der Waals surface area contributed by atoms with E-state index in [9.17, 15) is 17.6 Å². The summed E-state index contributed by atoms with van der Waals surface area (Å²) in [5.41, 5.74) is 3.67. The van der Waals surface area contributed by atoms with Crippen LogP contribution in [0.2, 0.25) is 0 Å². The molecule has 170 valence electrons. The van der Waals surface area contributed by atoms with E-state index in [4.69, 9.17) is 4.98 Å². The van der Waals surface area contributed by atoms with Gasteiger partial charge in [0.25, 0.3) is 0 Å². The third-order valence-corrected chi connectivity index (χ3v) is 6.69. The molecule has 2 aliphatic rings. The van der Waals surface area contributed by atoms with Crippen LogP contribution in [-0.2, 0) is 13.0 Å². The minimum absolute atomic E-state index is 0.169. The maximum absolute atomic E-state index is 14.0. The smallest absolute Gasteiger partial charge is 0.406 e. The van der Waals surface area contributed by atoms with E-state index in [1.807, 2.05) is 6.07 Å². The third-order valence-electron chi connectivity index (χ3n) is 6.69. The largest absolute Gasteiger partial charge is 0.573 e. The second kappa shape index (κ2) is 8.06. The number of rotatable bonds is 4. The molecule has 8 heteroatoms. The van der Waals surface area contributed by atoms with Crippen LogP contribution in [0.25, 0.3) is 11.0 Å². The van der Waals surface area contributed by atoms with E-state index in [1.165, 1.54) is 18.2 Å². The molecule has 1 aromatic heterocycles. The Bertz CT molecular complexity index is 1130. The highest BCUT2D eigenvalue weighted by molar-refractivity contribution is 5.80. The number of imidazole rings is 1. The van der Waals surface area contributed by atoms with Crippen molar-refractivity contribution < 1.29 is 22.3 Å². The molecular formula is C24H25F4N3O. The van der Waals surface area contributed by atoms with Crippen LogP contribution in [0.3, 0.4) is 0 Å². The quantitative estimate of drug-likeness (QED) is 0.462. The molecule has 1 fully saturated rings. The van der Waals surface area contributed by atoms with Crippen molar-refractivity contribution in [3.8, 4) is 5.75 Å². The van der Waals surface area contributed by atoms with Crippen LogP contribution in [0.4, 0.5) is 17.6 Å². The summed E-state index contributed by atoms with van der Waals surface area (Å²) in [6.07, 6.45) is -1.15. The Balaban J connectivity index is 1.29. The first-order chi connectivity index (χ1) is 15.3. The standard InChI is InChI=1S/C24H25F4N3O/c1-15-5-6-18-11-19(25)13-21-23(18)31(15)22(29-21)14-30-9-7-16(8-10-30)17-3-2-4-20(12-17)32-24(26,27)28/h2-4,11-13,15-16H,5-10,14H2,1H3. The van der Waals surface area contributed by atoms with Gasteiger partial charge < -0.3 is 9.30 Å². The van der Waals surface area contributed by atoms with Gasteiger partial charge in [0.1, 0.15) is 17.4 Å². The van der Waals surface area contributed by atoms with Gasteiger partial charge in [0.2, 0.25) is 0 Å². The van der Waals surface area contributed by atoms with E-state index in [1.54, 1.807) is 12.1 Å². The highest BCUT2D eigenvalue weighted by Crippen LogP contribution is 2.35. The number of halogens is 4. The molecule has 1 saturated heterocycles. The highest BCUT2D eigenvalue weighted by Gasteiger charge is 2.32. The first-order valence-electron chi connectivity index (χ1n) is 11.0. The summed E-state index contributed by atoms with van der Waals surface area (Å²) in [6.45, 7) is 4.52. The van der Waals surface area contributed by atoms with Crippen molar-refractivity contribution in [1.29, 1.82) is 0 Å². The molecule has 32 heavy (non-hydrogen) atoms. The van der Waals surface area contributed by atoms with Crippen LogP contribution in [0, 0.1) is 5.82 Å². The van der Waals surface area contributed by atoms with E-state index < -0.39 is 6.36 Å². The molecule has 0 aliphatic carbocycles. The van der Waals surface area contributed by atoms with Gasteiger partial charge in [0.05, 0.1) is 17.6 Å². The molecule has 0 N–H and O–H groups in total. The summed E-state index contributed by atoms with van der Waals surface area (Å²) in [6, 6.07) is 9.77. The van der Waals surface area contributed by atoms with E-state index >= 15 is 0 Å². The average Bonchev–Trinajstić information content (AvgIpc) is 3.09. The Kier molecular flexibility index (Phi) is 5.35. The van der Waals surface area contributed by atoms with Gasteiger partial charge >= 0.3 is 6.36 Å². The van der Waals surface area contributed by atoms with Gasteiger partial charge in [-0.05, 0) is 80.9 Å². The van der Waals surface area contributed by atoms with Crippen LogP contribution < -0.4 is 4.74 Å². The molecule has 2 aromatic carbocycles. The summed E-state index contributed by atoms with van der Waals surface area (Å²) >= 11 is 0. The van der Waals surface area contributed by atoms with E-state index in [-0.39, 0.29) is 17.5 Å². The lowest BCUT2D eigenvalue weighted by Crippen LogP contribution is -2.33. The normalized spacial score (nSPS) is 20.1. The molecule has 0 amide bonds. The van der Waals surface area contributed by atoms with Gasteiger partial charge in [-0.25, -0.2) is 9.37 Å². The van der Waals surface area contributed by atoms with Crippen molar-refractivity contribution in [3.05, 3.63) is 59.2 Å². The monoisotopic (exact) mass is 447 g/mol. The van der Waals surface area contributed by atoms with Crippen molar-refractivity contribution in [3.63, 3.8) is 0 Å². The minimum atomic E-state index is -4.68. The molecule has 0 bridgehead atoms. The van der Waals surface area contributed by atoms with Crippen molar-refractivity contribution in [2.45, 2.75) is 57.5 Å². The molecule has 4 nitrogen and oxygen atoms in total. The van der Waals surface area contributed by atoms with E-state index in [2.05, 4.69) is 21.1 Å². The predicted molar refractivity (Wildman–Crippen MR) is 113 cm³/mol. The van der Waals surface area contributed by atoms with Crippen LogP contribution in [0.1, 0.15) is 55.1 Å². The zero-order valence-corrected chi connectivity index (χ0v) is 17.8. The number of hydrogen-bond acceptors (Lipinski definition) is 3. The van der Waals surface area contributed by atoms with Crippen LogP contribution >= 0.6 is 0 Å². The number of nitrogens with zero attached hydrogens (tertiary/aromatic N) is 3. The zero-order chi connectivity index (χ0) is 22.5. The lowest BCUT2D eigenvalue weighted by Gasteiger charge is -2.33. The highest BCUT2D eigenvalue weighted by atomic mass is 19.4. The van der Waals surface area contributed by atoms with Crippen LogP contribution in [0.15, 0.2) is 36.4 Å². The van der Waals surface area contributed by atoms with E-state index in [0.29, 0.717) is 12.6 Å². The van der Waals surface area contributed by atoms with Crippen molar-refractivity contribution in [2.24, 2.45) is 0 Å². The fraction of sp³-hybridized carbons (Fsp3) is 0.458. The molecule has 0 radical (unpaired) electrons. The number of aromatic nitrogens is 2. The summed E-state index contributed by atoms with van der Waals surface area (Å²) in [7, 11) is 0. The number of hydrogen-bond donors (Lipinski definition) is 0. The topological polar surface area (TPSA) is 30.3 Å². The zero-order valence-electron chi connectivity index (χ0n) is 17.8. The lowest BCUT2D eigenvalue weighted by atomic mass is 9.89. The summed E-state index contributed by atoms with van der Waals surface area (Å²) in [4.78, 5) is 7.10. The number of piperidine rings is 1. The SMILES string of the molecule is CC1CCc2cc(F)cc3nc(CN4CCC(c5cccc(OC(F)(F)F)c5)CC4)n1c23. The van der Waals surface area contributed by atoms with E-state index in [0.717, 1.165) is 66.8 Å². The minimum Gasteiger partial charge on any atom is -0.406 e. The molecule has 0 saturated carbocycles. The van der Waals surface area contributed by atoms with Gasteiger partial charge in [0.15, 0.2) is 0 Å². The molecule has 0 spiro atoms. The van der Waals surface area contributed by atoms with Gasteiger partial charge in [-0.15, -0.1) is 13.2 Å². The molecule has 3 aromatic rings. The second-order valence-electron chi connectivity index (χ2n) is 8.89.